The van der Waals surface area contributed by atoms with Crippen LogP contribution in [0.2, 0.25) is 5.02 Å². The molecular weight excluding hydrogens is 452 g/mol. The Balaban J connectivity index is 1.25. The number of hydrazone groups is 1. The van der Waals surface area contributed by atoms with Crippen LogP contribution in [0.3, 0.4) is 0 Å². The maximum atomic E-state index is 13.3. The Morgan fingerprint density at radius 2 is 1.68 bits per heavy atom. The number of carbonyl (C=O) groups excluding carboxylic acids is 2. The van der Waals surface area contributed by atoms with E-state index in [4.69, 9.17) is 16.0 Å². The van der Waals surface area contributed by atoms with Gasteiger partial charge in [-0.05, 0) is 42.0 Å². The lowest BCUT2D eigenvalue weighted by molar-refractivity contribution is -0.134. The highest BCUT2D eigenvalue weighted by molar-refractivity contribution is 6.30. The molecule has 7 nitrogen and oxygen atoms in total. The Kier molecular flexibility index (Phi) is 6.47. The minimum absolute atomic E-state index is 0.0289. The summed E-state index contributed by atoms with van der Waals surface area (Å²) >= 11 is 6.03. The number of hydrogen-bond acceptors (Lipinski definition) is 5. The van der Waals surface area contributed by atoms with Crippen LogP contribution in [-0.4, -0.2) is 65.1 Å². The SMILES string of the molecule is O=C(c1ccccc1)N1CCN(CC(=O)N2N=C(c3ccc(Cl)cc3)CC2c2ccco2)CC1. The molecule has 0 radical (unpaired) electrons. The molecule has 2 aliphatic rings. The Morgan fingerprint density at radius 1 is 0.941 bits per heavy atom. The fraction of sp³-hybridized carbons (Fsp3) is 0.269. The van der Waals surface area contributed by atoms with Crippen molar-refractivity contribution in [3.63, 3.8) is 0 Å². The number of hydrogen-bond donors (Lipinski definition) is 0. The smallest absolute Gasteiger partial charge is 0.257 e. The van der Waals surface area contributed by atoms with Crippen molar-refractivity contribution in [2.45, 2.75) is 12.5 Å². The third kappa shape index (κ3) is 4.76. The molecule has 8 heteroatoms. The van der Waals surface area contributed by atoms with E-state index >= 15 is 0 Å². The maximum Gasteiger partial charge on any atom is 0.257 e. The van der Waals surface area contributed by atoms with Crippen molar-refractivity contribution in [2.24, 2.45) is 5.10 Å². The van der Waals surface area contributed by atoms with Gasteiger partial charge in [-0.15, -0.1) is 0 Å². The van der Waals surface area contributed by atoms with Crippen LogP contribution in [0.15, 0.2) is 82.5 Å². The molecule has 1 aromatic heterocycles. The zero-order valence-electron chi connectivity index (χ0n) is 18.6. The van der Waals surface area contributed by atoms with Crippen LogP contribution in [0.4, 0.5) is 0 Å². The predicted octanol–water partition coefficient (Wildman–Crippen LogP) is 4.07. The van der Waals surface area contributed by atoms with Gasteiger partial charge in [-0.2, -0.15) is 5.10 Å². The van der Waals surface area contributed by atoms with Gasteiger partial charge in [0.2, 0.25) is 0 Å². The molecule has 5 rings (SSSR count). The number of rotatable bonds is 5. The number of benzene rings is 2. The van der Waals surface area contributed by atoms with Crippen LogP contribution < -0.4 is 0 Å². The van der Waals surface area contributed by atoms with Crippen LogP contribution in [0.5, 0.6) is 0 Å². The van der Waals surface area contributed by atoms with E-state index in [1.165, 1.54) is 0 Å². The van der Waals surface area contributed by atoms with Crippen molar-refractivity contribution >= 4 is 29.1 Å². The van der Waals surface area contributed by atoms with Crippen LogP contribution in [0.25, 0.3) is 0 Å². The normalized spacial score (nSPS) is 18.7. The minimum Gasteiger partial charge on any atom is -0.467 e. The molecule has 3 aromatic rings. The third-order valence-electron chi connectivity index (χ3n) is 6.25. The van der Waals surface area contributed by atoms with Crippen molar-refractivity contribution in [3.8, 4) is 0 Å². The molecule has 2 aliphatic heterocycles. The quantitative estimate of drug-likeness (QED) is 0.556. The first kappa shape index (κ1) is 22.4. The van der Waals surface area contributed by atoms with E-state index in [-0.39, 0.29) is 24.4 Å². The molecule has 2 aromatic carbocycles. The van der Waals surface area contributed by atoms with Crippen molar-refractivity contribution in [2.75, 3.05) is 32.7 Å². The molecule has 0 N–H and O–H groups in total. The topological polar surface area (TPSA) is 69.4 Å². The van der Waals surface area contributed by atoms with Gasteiger partial charge in [-0.3, -0.25) is 14.5 Å². The van der Waals surface area contributed by atoms with Crippen molar-refractivity contribution in [1.29, 1.82) is 0 Å². The molecular formula is C26H25ClN4O3. The number of amides is 2. The molecule has 2 amide bonds. The van der Waals surface area contributed by atoms with Gasteiger partial charge in [0.05, 0.1) is 18.5 Å². The van der Waals surface area contributed by atoms with Gasteiger partial charge in [0.1, 0.15) is 11.8 Å². The van der Waals surface area contributed by atoms with Gasteiger partial charge in [0, 0.05) is 43.2 Å². The van der Waals surface area contributed by atoms with Crippen molar-refractivity contribution in [3.05, 3.63) is 94.9 Å². The van der Waals surface area contributed by atoms with Gasteiger partial charge >= 0.3 is 0 Å². The van der Waals surface area contributed by atoms with E-state index < -0.39 is 0 Å². The Morgan fingerprint density at radius 3 is 2.35 bits per heavy atom. The molecule has 0 spiro atoms. The fourth-order valence-electron chi connectivity index (χ4n) is 4.40. The molecule has 0 bridgehead atoms. The number of carbonyl (C=O) groups is 2. The zero-order valence-corrected chi connectivity index (χ0v) is 19.4. The Bertz CT molecular complexity index is 1170. The molecule has 1 fully saturated rings. The molecule has 1 saturated heterocycles. The summed E-state index contributed by atoms with van der Waals surface area (Å²) in [4.78, 5) is 29.9. The Hall–Kier alpha value is -3.42. The van der Waals surface area contributed by atoms with E-state index in [0.717, 1.165) is 11.3 Å². The lowest BCUT2D eigenvalue weighted by Crippen LogP contribution is -2.51. The van der Waals surface area contributed by atoms with E-state index in [1.54, 1.807) is 11.3 Å². The van der Waals surface area contributed by atoms with E-state index in [1.807, 2.05) is 71.6 Å². The fourth-order valence-corrected chi connectivity index (χ4v) is 4.52. The summed E-state index contributed by atoms with van der Waals surface area (Å²) in [7, 11) is 0. The second-order valence-corrected chi connectivity index (χ2v) is 8.90. The molecule has 1 unspecified atom stereocenters. The average Bonchev–Trinajstić information content (AvgIpc) is 3.55. The van der Waals surface area contributed by atoms with E-state index in [0.29, 0.717) is 48.9 Å². The summed E-state index contributed by atoms with van der Waals surface area (Å²) in [5.41, 5.74) is 2.45. The summed E-state index contributed by atoms with van der Waals surface area (Å²) in [5.74, 6) is 0.647. The van der Waals surface area contributed by atoms with E-state index in [9.17, 15) is 9.59 Å². The largest absolute Gasteiger partial charge is 0.467 e. The first-order chi connectivity index (χ1) is 16.6. The van der Waals surface area contributed by atoms with Crippen molar-refractivity contribution < 1.29 is 14.0 Å². The van der Waals surface area contributed by atoms with Gasteiger partial charge in [0.15, 0.2) is 0 Å². The average molecular weight is 477 g/mol. The number of nitrogens with zero attached hydrogens (tertiary/aromatic N) is 4. The van der Waals surface area contributed by atoms with E-state index in [2.05, 4.69) is 10.0 Å². The molecule has 0 saturated carbocycles. The van der Waals surface area contributed by atoms with Crippen molar-refractivity contribution in [1.82, 2.24) is 14.8 Å². The number of halogens is 1. The molecule has 174 valence electrons. The minimum atomic E-state index is -0.283. The number of furan rings is 1. The first-order valence-corrected chi connectivity index (χ1v) is 11.7. The lowest BCUT2D eigenvalue weighted by atomic mass is 10.0. The highest BCUT2D eigenvalue weighted by Crippen LogP contribution is 2.33. The predicted molar refractivity (Wildman–Crippen MR) is 130 cm³/mol. The van der Waals surface area contributed by atoms with Gasteiger partial charge < -0.3 is 9.32 Å². The summed E-state index contributed by atoms with van der Waals surface area (Å²) < 4.78 is 5.63. The lowest BCUT2D eigenvalue weighted by Gasteiger charge is -2.35. The second kappa shape index (κ2) is 9.83. The molecule has 0 aliphatic carbocycles. The van der Waals surface area contributed by atoms with Crippen LogP contribution in [-0.2, 0) is 4.79 Å². The zero-order chi connectivity index (χ0) is 23.5. The Labute approximate surface area is 203 Å². The summed E-state index contributed by atoms with van der Waals surface area (Å²) in [6, 6.07) is 20.2. The molecule has 1 atom stereocenters. The summed E-state index contributed by atoms with van der Waals surface area (Å²) in [6.07, 6.45) is 2.18. The highest BCUT2D eigenvalue weighted by atomic mass is 35.5. The third-order valence-corrected chi connectivity index (χ3v) is 6.51. The monoisotopic (exact) mass is 476 g/mol. The highest BCUT2D eigenvalue weighted by Gasteiger charge is 2.36. The second-order valence-electron chi connectivity index (χ2n) is 8.46. The standard InChI is InChI=1S/C26H25ClN4O3/c27-21-10-8-19(9-11-21)22-17-23(24-7-4-16-34-24)31(28-22)25(32)18-29-12-14-30(15-13-29)26(33)20-5-2-1-3-6-20/h1-11,16,23H,12-15,17-18H2. The number of piperazine rings is 1. The van der Waals surface area contributed by atoms with Gasteiger partial charge in [0.25, 0.3) is 11.8 Å². The van der Waals surface area contributed by atoms with Gasteiger partial charge in [-0.25, -0.2) is 5.01 Å². The molecule has 3 heterocycles. The van der Waals surface area contributed by atoms with Gasteiger partial charge in [-0.1, -0.05) is 41.9 Å². The summed E-state index contributed by atoms with van der Waals surface area (Å²) in [5, 5.41) is 6.88. The van der Waals surface area contributed by atoms with Crippen LogP contribution in [0, 0.1) is 0 Å². The van der Waals surface area contributed by atoms with Crippen LogP contribution in [0.1, 0.15) is 34.1 Å². The van der Waals surface area contributed by atoms with Crippen LogP contribution >= 0.6 is 11.6 Å². The summed E-state index contributed by atoms with van der Waals surface area (Å²) in [6.45, 7) is 2.68. The maximum absolute atomic E-state index is 13.3. The first-order valence-electron chi connectivity index (χ1n) is 11.3. The molecule has 34 heavy (non-hydrogen) atoms.